The zero-order valence-corrected chi connectivity index (χ0v) is 22.0. The molecule has 0 aliphatic carbocycles. The third-order valence-corrected chi connectivity index (χ3v) is 7.97. The van der Waals surface area contributed by atoms with Gasteiger partial charge in [0, 0.05) is 35.1 Å². The number of hydrogen-bond acceptors (Lipinski definition) is 3. The summed E-state index contributed by atoms with van der Waals surface area (Å²) in [6, 6.07) is 13.9. The summed E-state index contributed by atoms with van der Waals surface area (Å²) in [6.45, 7) is 8.79. The molecule has 5 rings (SSSR count). The van der Waals surface area contributed by atoms with Gasteiger partial charge in [-0.3, -0.25) is 14.4 Å². The average molecular weight is 501 g/mol. The van der Waals surface area contributed by atoms with Crippen molar-refractivity contribution < 1.29 is 14.4 Å². The predicted molar refractivity (Wildman–Crippen MR) is 144 cm³/mol. The number of rotatable bonds is 8. The third-order valence-electron chi connectivity index (χ3n) is 7.97. The zero-order valence-electron chi connectivity index (χ0n) is 22.0. The van der Waals surface area contributed by atoms with E-state index in [4.69, 9.17) is 0 Å². The van der Waals surface area contributed by atoms with E-state index in [9.17, 15) is 14.4 Å². The summed E-state index contributed by atoms with van der Waals surface area (Å²) >= 11 is 0. The molecule has 37 heavy (non-hydrogen) atoms. The van der Waals surface area contributed by atoms with Crippen molar-refractivity contribution in [1.82, 2.24) is 20.5 Å². The number of H-pyrrole nitrogens is 1. The molecule has 3 N–H and O–H groups in total. The van der Waals surface area contributed by atoms with Gasteiger partial charge in [0.2, 0.25) is 11.8 Å². The average Bonchev–Trinajstić information content (AvgIpc) is 3.41. The van der Waals surface area contributed by atoms with Gasteiger partial charge in [-0.05, 0) is 41.5 Å². The Bertz CT molecular complexity index is 1340. The normalized spacial score (nSPS) is 19.8. The number of aromatic nitrogens is 1. The number of carbonyl (C=O) groups excluding carboxylic acids is 3. The summed E-state index contributed by atoms with van der Waals surface area (Å²) < 4.78 is 0. The molecule has 3 heterocycles. The summed E-state index contributed by atoms with van der Waals surface area (Å²) in [5, 5.41) is 7.12. The summed E-state index contributed by atoms with van der Waals surface area (Å²) in [5.41, 5.74) is 4.55. The van der Waals surface area contributed by atoms with E-state index in [1.165, 1.54) is 0 Å². The van der Waals surface area contributed by atoms with Crippen LogP contribution in [0.25, 0.3) is 10.9 Å². The van der Waals surface area contributed by atoms with Gasteiger partial charge in [0.15, 0.2) is 0 Å². The molecule has 0 saturated carbocycles. The fourth-order valence-corrected chi connectivity index (χ4v) is 5.68. The van der Waals surface area contributed by atoms with Crippen LogP contribution in [0.1, 0.15) is 73.8 Å². The summed E-state index contributed by atoms with van der Waals surface area (Å²) in [5.74, 6) is -0.167. The van der Waals surface area contributed by atoms with Crippen LogP contribution in [0.15, 0.2) is 48.5 Å². The van der Waals surface area contributed by atoms with Crippen molar-refractivity contribution in [3.63, 3.8) is 0 Å². The van der Waals surface area contributed by atoms with Gasteiger partial charge < -0.3 is 20.5 Å². The van der Waals surface area contributed by atoms with Crippen LogP contribution in [0.4, 0.5) is 0 Å². The fraction of sp³-hybridized carbons (Fsp3) is 0.433. The van der Waals surface area contributed by atoms with Crippen LogP contribution in [-0.2, 0) is 16.0 Å². The largest absolute Gasteiger partial charge is 0.356 e. The molecule has 0 bridgehead atoms. The topological polar surface area (TPSA) is 94.3 Å². The molecule has 1 aromatic heterocycles. The highest BCUT2D eigenvalue weighted by Gasteiger charge is 2.49. The Morgan fingerprint density at radius 2 is 1.81 bits per heavy atom. The monoisotopic (exact) mass is 500 g/mol. The first-order valence-electron chi connectivity index (χ1n) is 13.4. The molecular formula is C30H36N4O3. The highest BCUT2D eigenvalue weighted by molar-refractivity contribution is 6.04. The SMILES string of the molecule is CCC(C)[C@H](NC(=O)[C@@H]1Cc2c([nH]c3ccccc23)C2c3ccccc3C(=O)N21)C(=O)NCCC(C)C. The molecule has 7 heteroatoms. The maximum Gasteiger partial charge on any atom is 0.255 e. The van der Waals surface area contributed by atoms with Gasteiger partial charge in [0.1, 0.15) is 12.1 Å². The smallest absolute Gasteiger partial charge is 0.255 e. The van der Waals surface area contributed by atoms with Gasteiger partial charge in [-0.2, -0.15) is 0 Å². The molecule has 3 amide bonds. The van der Waals surface area contributed by atoms with E-state index in [2.05, 4.69) is 35.5 Å². The van der Waals surface area contributed by atoms with Crippen molar-refractivity contribution in [1.29, 1.82) is 0 Å². The first-order chi connectivity index (χ1) is 17.8. The van der Waals surface area contributed by atoms with Gasteiger partial charge in [-0.15, -0.1) is 0 Å². The lowest BCUT2D eigenvalue weighted by Crippen LogP contribution is -2.58. The molecule has 2 aliphatic heterocycles. The molecule has 4 atom stereocenters. The van der Waals surface area contributed by atoms with E-state index in [1.807, 2.05) is 56.3 Å². The molecule has 0 saturated heterocycles. The lowest BCUT2D eigenvalue weighted by atomic mass is 9.89. The van der Waals surface area contributed by atoms with Crippen molar-refractivity contribution in [2.75, 3.05) is 6.54 Å². The van der Waals surface area contributed by atoms with Gasteiger partial charge in [0.05, 0.1) is 6.04 Å². The van der Waals surface area contributed by atoms with E-state index in [0.717, 1.165) is 40.6 Å². The van der Waals surface area contributed by atoms with Gasteiger partial charge in [-0.1, -0.05) is 70.5 Å². The maximum atomic E-state index is 13.9. The van der Waals surface area contributed by atoms with Crippen LogP contribution in [-0.4, -0.2) is 46.2 Å². The van der Waals surface area contributed by atoms with Crippen molar-refractivity contribution in [3.05, 3.63) is 70.9 Å². The van der Waals surface area contributed by atoms with E-state index >= 15 is 0 Å². The molecule has 2 aromatic carbocycles. The predicted octanol–water partition coefficient (Wildman–Crippen LogP) is 4.33. The first-order valence-corrected chi connectivity index (χ1v) is 13.4. The first kappa shape index (κ1) is 25.1. The Balaban J connectivity index is 1.49. The molecule has 194 valence electrons. The summed E-state index contributed by atoms with van der Waals surface area (Å²) in [7, 11) is 0. The Hall–Kier alpha value is -3.61. The molecule has 2 aliphatic rings. The minimum Gasteiger partial charge on any atom is -0.356 e. The van der Waals surface area contributed by atoms with E-state index < -0.39 is 12.1 Å². The van der Waals surface area contributed by atoms with Crippen molar-refractivity contribution >= 4 is 28.6 Å². The lowest BCUT2D eigenvalue weighted by Gasteiger charge is -2.38. The highest BCUT2D eigenvalue weighted by atomic mass is 16.2. The molecular weight excluding hydrogens is 464 g/mol. The number of benzene rings is 2. The summed E-state index contributed by atoms with van der Waals surface area (Å²) in [6.07, 6.45) is 2.02. The van der Waals surface area contributed by atoms with Gasteiger partial charge in [0.25, 0.3) is 5.91 Å². The second-order valence-electron chi connectivity index (χ2n) is 10.8. The number of amides is 3. The molecule has 2 unspecified atom stereocenters. The second kappa shape index (κ2) is 10.0. The zero-order chi connectivity index (χ0) is 26.3. The van der Waals surface area contributed by atoms with Crippen LogP contribution in [0.3, 0.4) is 0 Å². The van der Waals surface area contributed by atoms with Crippen molar-refractivity contribution in [2.24, 2.45) is 11.8 Å². The lowest BCUT2D eigenvalue weighted by molar-refractivity contribution is -0.133. The molecule has 0 radical (unpaired) electrons. The minimum absolute atomic E-state index is 0.0440. The number of nitrogens with one attached hydrogen (secondary N) is 3. The van der Waals surface area contributed by atoms with Crippen LogP contribution < -0.4 is 10.6 Å². The van der Waals surface area contributed by atoms with E-state index in [0.29, 0.717) is 24.4 Å². The third kappa shape index (κ3) is 4.41. The van der Waals surface area contributed by atoms with Crippen LogP contribution in [0.5, 0.6) is 0 Å². The number of nitrogens with zero attached hydrogens (tertiary/aromatic N) is 1. The Morgan fingerprint density at radius 1 is 1.08 bits per heavy atom. The van der Waals surface area contributed by atoms with Crippen LogP contribution in [0, 0.1) is 11.8 Å². The molecule has 7 nitrogen and oxygen atoms in total. The number of aromatic amines is 1. The fourth-order valence-electron chi connectivity index (χ4n) is 5.68. The number of fused-ring (bicyclic) bond motifs is 7. The molecule has 0 spiro atoms. The van der Waals surface area contributed by atoms with Crippen molar-refractivity contribution in [2.45, 2.75) is 65.1 Å². The second-order valence-corrected chi connectivity index (χ2v) is 10.8. The Kier molecular flexibility index (Phi) is 6.80. The van der Waals surface area contributed by atoms with Gasteiger partial charge in [-0.25, -0.2) is 0 Å². The molecule has 3 aromatic rings. The molecule has 0 fully saturated rings. The highest BCUT2D eigenvalue weighted by Crippen LogP contribution is 2.46. The Morgan fingerprint density at radius 3 is 2.57 bits per heavy atom. The van der Waals surface area contributed by atoms with Crippen LogP contribution >= 0.6 is 0 Å². The quantitative estimate of drug-likeness (QED) is 0.430. The maximum absolute atomic E-state index is 13.9. The van der Waals surface area contributed by atoms with E-state index in [-0.39, 0.29) is 29.7 Å². The number of carbonyl (C=O) groups is 3. The van der Waals surface area contributed by atoms with E-state index in [1.54, 1.807) is 4.90 Å². The standard InChI is InChI=1S/C30H36N4O3/c1-5-18(4)25(29(36)31-15-14-17(2)3)33-28(35)24-16-22-19-10-8-9-13-23(19)32-26(22)27-20-11-6-7-12-21(20)30(37)34(24)27/h6-13,17-18,24-25,27,32H,5,14-16H2,1-4H3,(H,31,36)(H,33,35)/t18?,24-,25-,27?/m0/s1. The minimum atomic E-state index is -0.716. The van der Waals surface area contributed by atoms with Crippen LogP contribution in [0.2, 0.25) is 0 Å². The number of para-hydroxylation sites is 1. The van der Waals surface area contributed by atoms with Crippen molar-refractivity contribution in [3.8, 4) is 0 Å². The summed E-state index contributed by atoms with van der Waals surface area (Å²) in [4.78, 5) is 45.9. The Labute approximate surface area is 218 Å². The number of hydrogen-bond donors (Lipinski definition) is 3. The van der Waals surface area contributed by atoms with Gasteiger partial charge >= 0.3 is 0 Å².